The van der Waals surface area contributed by atoms with Crippen LogP contribution in [0, 0.1) is 11.8 Å². The van der Waals surface area contributed by atoms with Crippen molar-refractivity contribution in [3.05, 3.63) is 47.5 Å². The molecule has 0 nitrogen and oxygen atoms in total. The highest BCUT2D eigenvalue weighted by Crippen LogP contribution is 2.32. The Labute approximate surface area is 150 Å². The second-order valence-electron chi connectivity index (χ2n) is 7.90. The third kappa shape index (κ3) is 7.24. The van der Waals surface area contributed by atoms with E-state index in [0.29, 0.717) is 0 Å². The molecule has 2 unspecified atom stereocenters. The molecule has 0 bridgehead atoms. The molecule has 0 N–H and O–H groups in total. The van der Waals surface area contributed by atoms with Crippen molar-refractivity contribution in [1.29, 1.82) is 0 Å². The molecule has 1 aromatic carbocycles. The number of unbranched alkanes of at least 4 members (excludes halogenated alkanes) is 4. The van der Waals surface area contributed by atoms with Crippen molar-refractivity contribution >= 4 is 0 Å². The Hall–Kier alpha value is -1.04. The molecule has 1 aliphatic carbocycles. The molecule has 1 aliphatic rings. The highest BCUT2D eigenvalue weighted by atomic mass is 14.2. The maximum atomic E-state index is 2.60. The van der Waals surface area contributed by atoms with E-state index in [-0.39, 0.29) is 0 Å². The summed E-state index contributed by atoms with van der Waals surface area (Å²) >= 11 is 0. The summed E-state index contributed by atoms with van der Waals surface area (Å²) in [4.78, 5) is 0. The van der Waals surface area contributed by atoms with Crippen molar-refractivity contribution < 1.29 is 0 Å². The van der Waals surface area contributed by atoms with E-state index in [0.717, 1.165) is 11.8 Å². The smallest absolute Gasteiger partial charge is 0.0232 e. The van der Waals surface area contributed by atoms with Gasteiger partial charge in [-0.15, -0.1) is 0 Å². The summed E-state index contributed by atoms with van der Waals surface area (Å²) in [7, 11) is 0. The number of benzene rings is 1. The van der Waals surface area contributed by atoms with Gasteiger partial charge in [-0.2, -0.15) is 0 Å². The van der Waals surface area contributed by atoms with Crippen LogP contribution in [-0.2, 0) is 6.42 Å². The van der Waals surface area contributed by atoms with E-state index < -0.39 is 0 Å². The highest BCUT2D eigenvalue weighted by molar-refractivity contribution is 5.15. The maximum absolute atomic E-state index is 2.60. The number of aryl methyl sites for hydroxylation is 1. The van der Waals surface area contributed by atoms with Crippen LogP contribution in [0.15, 0.2) is 42.0 Å². The summed E-state index contributed by atoms with van der Waals surface area (Å²) in [6.07, 6.45) is 19.3. The zero-order chi connectivity index (χ0) is 17.0. The molecule has 0 saturated carbocycles. The average molecular weight is 327 g/mol. The number of hydrogen-bond donors (Lipinski definition) is 0. The second-order valence-corrected chi connectivity index (χ2v) is 7.90. The lowest BCUT2D eigenvalue weighted by Gasteiger charge is -2.25. The molecule has 24 heavy (non-hydrogen) atoms. The van der Waals surface area contributed by atoms with Crippen molar-refractivity contribution in [3.8, 4) is 0 Å². The Kier molecular flexibility index (Phi) is 9.24. The molecule has 0 saturated heterocycles. The van der Waals surface area contributed by atoms with E-state index >= 15 is 0 Å². The summed E-state index contributed by atoms with van der Waals surface area (Å²) in [6.45, 7) is 4.75. The minimum absolute atomic E-state index is 0.791. The predicted octanol–water partition coefficient (Wildman–Crippen LogP) is 7.73. The second kappa shape index (κ2) is 11.5. The van der Waals surface area contributed by atoms with Crippen molar-refractivity contribution in [2.75, 3.05) is 0 Å². The van der Waals surface area contributed by atoms with Gasteiger partial charge in [-0.1, -0.05) is 94.4 Å². The molecular formula is C24H38. The van der Waals surface area contributed by atoms with Gasteiger partial charge in [0.1, 0.15) is 0 Å². The Bertz CT molecular complexity index is 456. The van der Waals surface area contributed by atoms with Crippen LogP contribution >= 0.6 is 0 Å². The Morgan fingerprint density at radius 2 is 1.79 bits per heavy atom. The SMILES string of the molecule is CCCCCCCC1CC=C(C(C)CCCc2ccccc2)CC1. The lowest BCUT2D eigenvalue weighted by molar-refractivity contribution is 0.396. The van der Waals surface area contributed by atoms with E-state index in [1.54, 1.807) is 5.57 Å². The topological polar surface area (TPSA) is 0 Å². The summed E-state index contributed by atoms with van der Waals surface area (Å²) < 4.78 is 0. The minimum Gasteiger partial charge on any atom is -0.0848 e. The summed E-state index contributed by atoms with van der Waals surface area (Å²) in [5, 5.41) is 0. The van der Waals surface area contributed by atoms with Gasteiger partial charge in [0, 0.05) is 0 Å². The van der Waals surface area contributed by atoms with Crippen LogP contribution in [0.25, 0.3) is 0 Å². The molecule has 0 heterocycles. The van der Waals surface area contributed by atoms with Gasteiger partial charge in [-0.3, -0.25) is 0 Å². The third-order valence-corrected chi connectivity index (χ3v) is 5.85. The number of hydrogen-bond acceptors (Lipinski definition) is 0. The third-order valence-electron chi connectivity index (χ3n) is 5.85. The van der Waals surface area contributed by atoms with Crippen molar-refractivity contribution in [3.63, 3.8) is 0 Å². The zero-order valence-corrected chi connectivity index (χ0v) is 16.1. The van der Waals surface area contributed by atoms with Gasteiger partial charge in [-0.25, -0.2) is 0 Å². The lowest BCUT2D eigenvalue weighted by Crippen LogP contribution is -2.10. The summed E-state index contributed by atoms with van der Waals surface area (Å²) in [5.74, 6) is 1.77. The summed E-state index contributed by atoms with van der Waals surface area (Å²) in [5.41, 5.74) is 3.25. The van der Waals surface area contributed by atoms with Crippen molar-refractivity contribution in [2.24, 2.45) is 11.8 Å². The first kappa shape index (κ1) is 19.3. The van der Waals surface area contributed by atoms with E-state index in [2.05, 4.69) is 50.3 Å². The van der Waals surface area contributed by atoms with Gasteiger partial charge < -0.3 is 0 Å². The molecule has 0 fully saturated rings. The molecule has 134 valence electrons. The quantitative estimate of drug-likeness (QED) is 0.288. The van der Waals surface area contributed by atoms with Crippen LogP contribution in [0.3, 0.4) is 0 Å². The predicted molar refractivity (Wildman–Crippen MR) is 107 cm³/mol. The molecular weight excluding hydrogens is 288 g/mol. The van der Waals surface area contributed by atoms with E-state index in [9.17, 15) is 0 Å². The van der Waals surface area contributed by atoms with Gasteiger partial charge in [0.25, 0.3) is 0 Å². The first-order valence-corrected chi connectivity index (χ1v) is 10.5. The molecule has 0 heteroatoms. The molecule has 0 aromatic heterocycles. The molecule has 0 spiro atoms. The fraction of sp³-hybridized carbons (Fsp3) is 0.667. The van der Waals surface area contributed by atoms with Crippen LogP contribution in [-0.4, -0.2) is 0 Å². The Balaban J connectivity index is 1.60. The van der Waals surface area contributed by atoms with Gasteiger partial charge in [0.2, 0.25) is 0 Å². The zero-order valence-electron chi connectivity index (χ0n) is 16.1. The maximum Gasteiger partial charge on any atom is -0.0232 e. The number of allylic oxidation sites excluding steroid dienone is 2. The fourth-order valence-corrected chi connectivity index (χ4v) is 4.10. The van der Waals surface area contributed by atoms with Crippen LogP contribution in [0.5, 0.6) is 0 Å². The molecule has 1 aromatic rings. The summed E-state index contributed by atoms with van der Waals surface area (Å²) in [6, 6.07) is 10.9. The van der Waals surface area contributed by atoms with Gasteiger partial charge in [0.05, 0.1) is 0 Å². The van der Waals surface area contributed by atoms with E-state index in [4.69, 9.17) is 0 Å². The monoisotopic (exact) mass is 326 g/mol. The molecule has 0 radical (unpaired) electrons. The normalized spacial score (nSPS) is 19.1. The van der Waals surface area contributed by atoms with Crippen LogP contribution in [0.2, 0.25) is 0 Å². The van der Waals surface area contributed by atoms with E-state index in [1.807, 2.05) is 0 Å². The first-order chi connectivity index (χ1) is 11.8. The highest BCUT2D eigenvalue weighted by Gasteiger charge is 2.17. The standard InChI is InChI=1S/C24H38/c1-3-4-5-6-8-15-23-17-19-24(20-18-23)21(2)12-11-16-22-13-9-7-10-14-22/h7,9-10,13-14,19,21,23H,3-6,8,11-12,15-18,20H2,1-2H3. The van der Waals surface area contributed by atoms with Crippen LogP contribution in [0.1, 0.15) is 90.0 Å². The molecule has 0 amide bonds. The fourth-order valence-electron chi connectivity index (χ4n) is 4.10. The molecule has 0 aliphatic heterocycles. The van der Waals surface area contributed by atoms with Gasteiger partial charge in [-0.05, 0) is 55.9 Å². The average Bonchev–Trinajstić information content (AvgIpc) is 2.63. The molecule has 2 atom stereocenters. The van der Waals surface area contributed by atoms with Gasteiger partial charge >= 0.3 is 0 Å². The lowest BCUT2D eigenvalue weighted by atomic mass is 9.81. The van der Waals surface area contributed by atoms with Crippen LogP contribution in [0.4, 0.5) is 0 Å². The number of rotatable bonds is 11. The largest absolute Gasteiger partial charge is 0.0848 e. The van der Waals surface area contributed by atoms with Crippen molar-refractivity contribution in [1.82, 2.24) is 0 Å². The van der Waals surface area contributed by atoms with E-state index in [1.165, 1.54) is 82.6 Å². The minimum atomic E-state index is 0.791. The molecule has 2 rings (SSSR count). The Morgan fingerprint density at radius 3 is 2.50 bits per heavy atom. The first-order valence-electron chi connectivity index (χ1n) is 10.5. The van der Waals surface area contributed by atoms with Gasteiger partial charge in [0.15, 0.2) is 0 Å². The van der Waals surface area contributed by atoms with Crippen molar-refractivity contribution in [2.45, 2.75) is 90.9 Å². The Morgan fingerprint density at radius 1 is 1.00 bits per heavy atom. The van der Waals surface area contributed by atoms with Crippen LogP contribution < -0.4 is 0 Å².